The molecule has 3 rings (SSSR count). The molecule has 0 spiro atoms. The molecule has 1 amide bonds. The molecule has 0 aliphatic carbocycles. The highest BCUT2D eigenvalue weighted by molar-refractivity contribution is 7.89. The molecule has 31 heavy (non-hydrogen) atoms. The SMILES string of the molecule is Cc1ccc(S(=O)(=O)NCc2ccco2)cc1C(=O)NCCCN1CC(C)OC(C)C1. The first-order valence-electron chi connectivity index (χ1n) is 10.5. The molecule has 1 aromatic carbocycles. The number of nitrogens with zero attached hydrogens (tertiary/aromatic N) is 1. The van der Waals surface area contributed by atoms with Gasteiger partial charge in [-0.05, 0) is 57.0 Å². The Bertz CT molecular complexity index is 965. The van der Waals surface area contributed by atoms with Crippen molar-refractivity contribution in [2.75, 3.05) is 26.2 Å². The van der Waals surface area contributed by atoms with Crippen LogP contribution in [0.3, 0.4) is 0 Å². The van der Waals surface area contributed by atoms with Crippen molar-refractivity contribution in [3.05, 3.63) is 53.5 Å². The predicted octanol–water partition coefficient (Wildman–Crippen LogP) is 2.30. The van der Waals surface area contributed by atoms with Gasteiger partial charge in [-0.3, -0.25) is 9.69 Å². The molecule has 1 aliphatic rings. The Labute approximate surface area is 184 Å². The van der Waals surface area contributed by atoms with E-state index in [9.17, 15) is 13.2 Å². The number of ether oxygens (including phenoxy) is 1. The van der Waals surface area contributed by atoms with Gasteiger partial charge in [0.1, 0.15) is 5.76 Å². The van der Waals surface area contributed by atoms with Crippen LogP contribution in [-0.4, -0.2) is 57.6 Å². The fourth-order valence-electron chi connectivity index (χ4n) is 3.74. The molecule has 2 N–H and O–H groups in total. The van der Waals surface area contributed by atoms with Crippen molar-refractivity contribution < 1.29 is 22.4 Å². The number of rotatable bonds is 9. The number of amides is 1. The number of benzene rings is 1. The third-order valence-corrected chi connectivity index (χ3v) is 6.61. The Hall–Kier alpha value is -2.20. The lowest BCUT2D eigenvalue weighted by molar-refractivity contribution is -0.0680. The average molecular weight is 450 g/mol. The predicted molar refractivity (Wildman–Crippen MR) is 117 cm³/mol. The highest BCUT2D eigenvalue weighted by atomic mass is 32.2. The molecule has 8 nitrogen and oxygen atoms in total. The van der Waals surface area contributed by atoms with Crippen molar-refractivity contribution in [2.24, 2.45) is 0 Å². The van der Waals surface area contributed by atoms with E-state index in [2.05, 4.69) is 28.8 Å². The van der Waals surface area contributed by atoms with Crippen LogP contribution >= 0.6 is 0 Å². The van der Waals surface area contributed by atoms with E-state index in [0.29, 0.717) is 17.9 Å². The number of aryl methyl sites for hydroxylation is 1. The molecular weight excluding hydrogens is 418 g/mol. The van der Waals surface area contributed by atoms with E-state index in [1.807, 2.05) is 0 Å². The highest BCUT2D eigenvalue weighted by Crippen LogP contribution is 2.16. The monoisotopic (exact) mass is 449 g/mol. The molecule has 9 heteroatoms. The molecule has 2 heterocycles. The fraction of sp³-hybridized carbons (Fsp3) is 0.500. The van der Waals surface area contributed by atoms with Crippen molar-refractivity contribution in [2.45, 2.75) is 50.8 Å². The van der Waals surface area contributed by atoms with Crippen LogP contribution in [0, 0.1) is 6.92 Å². The number of furan rings is 1. The Morgan fingerprint density at radius 2 is 1.94 bits per heavy atom. The van der Waals surface area contributed by atoms with Crippen LogP contribution < -0.4 is 10.0 Å². The van der Waals surface area contributed by atoms with E-state index in [4.69, 9.17) is 9.15 Å². The van der Waals surface area contributed by atoms with Crippen LogP contribution in [0.25, 0.3) is 0 Å². The number of nitrogens with one attached hydrogen (secondary N) is 2. The minimum Gasteiger partial charge on any atom is -0.468 e. The van der Waals surface area contributed by atoms with Crippen LogP contribution in [-0.2, 0) is 21.3 Å². The number of sulfonamides is 1. The summed E-state index contributed by atoms with van der Waals surface area (Å²) in [7, 11) is -3.77. The fourth-order valence-corrected chi connectivity index (χ4v) is 4.76. The smallest absolute Gasteiger partial charge is 0.251 e. The van der Waals surface area contributed by atoms with E-state index in [0.717, 1.165) is 31.6 Å². The van der Waals surface area contributed by atoms with Crippen molar-refractivity contribution in [1.29, 1.82) is 0 Å². The van der Waals surface area contributed by atoms with E-state index >= 15 is 0 Å². The third kappa shape index (κ3) is 6.64. The van der Waals surface area contributed by atoms with Gasteiger partial charge < -0.3 is 14.5 Å². The topological polar surface area (TPSA) is 101 Å². The summed E-state index contributed by atoms with van der Waals surface area (Å²) in [5.41, 5.74) is 1.08. The van der Waals surface area contributed by atoms with E-state index in [1.165, 1.54) is 18.4 Å². The summed E-state index contributed by atoms with van der Waals surface area (Å²) in [6.07, 6.45) is 2.73. The Morgan fingerprint density at radius 3 is 2.61 bits per heavy atom. The average Bonchev–Trinajstić information content (AvgIpc) is 3.23. The first kappa shape index (κ1) is 23.5. The number of hydrogen-bond acceptors (Lipinski definition) is 6. The van der Waals surface area contributed by atoms with E-state index in [-0.39, 0.29) is 29.6 Å². The molecule has 1 aliphatic heterocycles. The minimum absolute atomic E-state index is 0.0452. The van der Waals surface area contributed by atoms with Crippen molar-refractivity contribution in [3.8, 4) is 0 Å². The van der Waals surface area contributed by atoms with Gasteiger partial charge in [-0.15, -0.1) is 0 Å². The van der Waals surface area contributed by atoms with Gasteiger partial charge in [0.15, 0.2) is 0 Å². The molecule has 0 bridgehead atoms. The van der Waals surface area contributed by atoms with Gasteiger partial charge in [-0.25, -0.2) is 13.1 Å². The zero-order valence-corrected chi connectivity index (χ0v) is 19.1. The molecule has 2 atom stereocenters. The highest BCUT2D eigenvalue weighted by Gasteiger charge is 2.22. The third-order valence-electron chi connectivity index (χ3n) is 5.21. The molecule has 2 aromatic rings. The largest absolute Gasteiger partial charge is 0.468 e. The molecule has 1 saturated heterocycles. The molecule has 1 aromatic heterocycles. The van der Waals surface area contributed by atoms with Crippen LogP contribution in [0.1, 0.15) is 41.9 Å². The molecule has 0 saturated carbocycles. The van der Waals surface area contributed by atoms with E-state index < -0.39 is 10.0 Å². The maximum absolute atomic E-state index is 12.7. The van der Waals surface area contributed by atoms with Gasteiger partial charge in [-0.1, -0.05) is 6.07 Å². The van der Waals surface area contributed by atoms with Gasteiger partial charge >= 0.3 is 0 Å². The van der Waals surface area contributed by atoms with Gasteiger partial charge in [0.05, 0.1) is 29.9 Å². The second-order valence-electron chi connectivity index (χ2n) is 8.01. The van der Waals surface area contributed by atoms with Crippen LogP contribution in [0.5, 0.6) is 0 Å². The van der Waals surface area contributed by atoms with Crippen molar-refractivity contribution in [3.63, 3.8) is 0 Å². The molecule has 2 unspecified atom stereocenters. The van der Waals surface area contributed by atoms with Gasteiger partial charge in [0, 0.05) is 31.7 Å². The minimum atomic E-state index is -3.77. The maximum Gasteiger partial charge on any atom is 0.251 e. The van der Waals surface area contributed by atoms with Gasteiger partial charge in [-0.2, -0.15) is 0 Å². The number of carbonyl (C=O) groups is 1. The lowest BCUT2D eigenvalue weighted by atomic mass is 10.1. The van der Waals surface area contributed by atoms with Gasteiger partial charge in [0.25, 0.3) is 5.91 Å². The summed E-state index contributed by atoms with van der Waals surface area (Å²) in [6, 6.07) is 7.94. The summed E-state index contributed by atoms with van der Waals surface area (Å²) in [6.45, 7) is 9.15. The second kappa shape index (κ2) is 10.4. The zero-order valence-electron chi connectivity index (χ0n) is 18.3. The lowest BCUT2D eigenvalue weighted by Gasteiger charge is -2.35. The molecule has 170 valence electrons. The number of morpholine rings is 1. The number of hydrogen-bond donors (Lipinski definition) is 2. The quantitative estimate of drug-likeness (QED) is 0.570. The summed E-state index contributed by atoms with van der Waals surface area (Å²) in [5, 5.41) is 2.91. The first-order chi connectivity index (χ1) is 14.7. The van der Waals surface area contributed by atoms with Crippen LogP contribution in [0.15, 0.2) is 45.9 Å². The van der Waals surface area contributed by atoms with Crippen molar-refractivity contribution in [1.82, 2.24) is 14.9 Å². The standard InChI is InChI=1S/C22H31N3O5S/c1-16-7-8-20(31(27,28)24-13-19-6-4-11-29-19)12-21(16)22(26)23-9-5-10-25-14-17(2)30-18(3)15-25/h4,6-8,11-12,17-18,24H,5,9-10,13-15H2,1-3H3,(H,23,26). The number of carbonyl (C=O) groups excluding carboxylic acids is 1. The summed E-state index contributed by atoms with van der Waals surface area (Å²) in [5.74, 6) is 0.238. The van der Waals surface area contributed by atoms with Gasteiger partial charge in [0.2, 0.25) is 10.0 Å². The Morgan fingerprint density at radius 1 is 1.19 bits per heavy atom. The summed E-state index contributed by atoms with van der Waals surface area (Å²) < 4.78 is 38.6. The Kier molecular flexibility index (Phi) is 7.88. The molecule has 1 fully saturated rings. The van der Waals surface area contributed by atoms with E-state index in [1.54, 1.807) is 25.1 Å². The maximum atomic E-state index is 12.7. The molecular formula is C22H31N3O5S. The Balaban J connectivity index is 1.54. The van der Waals surface area contributed by atoms with Crippen LogP contribution in [0.4, 0.5) is 0 Å². The normalized spacial score (nSPS) is 20.0. The van der Waals surface area contributed by atoms with Crippen LogP contribution in [0.2, 0.25) is 0 Å². The van der Waals surface area contributed by atoms with Crippen molar-refractivity contribution >= 4 is 15.9 Å². The zero-order chi connectivity index (χ0) is 22.4. The summed E-state index contributed by atoms with van der Waals surface area (Å²) >= 11 is 0. The first-order valence-corrected chi connectivity index (χ1v) is 12.0. The second-order valence-corrected chi connectivity index (χ2v) is 9.77. The summed E-state index contributed by atoms with van der Waals surface area (Å²) in [4.78, 5) is 15.1. The molecule has 0 radical (unpaired) electrons. The lowest BCUT2D eigenvalue weighted by Crippen LogP contribution is -2.46.